The van der Waals surface area contributed by atoms with Gasteiger partial charge in [0.15, 0.2) is 0 Å². The smallest absolute Gasteiger partial charge is 0.345 e. The first-order chi connectivity index (χ1) is 8.97. The van der Waals surface area contributed by atoms with Gasteiger partial charge in [-0.1, -0.05) is 15.9 Å². The van der Waals surface area contributed by atoms with E-state index in [0.29, 0.717) is 10.6 Å². The fraction of sp³-hybridized carbons (Fsp3) is 0. The molecule has 1 aromatic heterocycles. The second-order valence-corrected chi connectivity index (χ2v) is 6.71. The number of thiophene rings is 1. The van der Waals surface area contributed by atoms with Gasteiger partial charge in [0, 0.05) is 8.04 Å². The molecule has 0 saturated heterocycles. The number of hydrogen-bond acceptors (Lipinski definition) is 3. The number of hydrogen-bond donors (Lipinski definition) is 2. The Hall–Kier alpha value is -0.930. The maximum absolute atomic E-state index is 12.1. The molecule has 1 amide bonds. The van der Waals surface area contributed by atoms with Crippen molar-refractivity contribution in [3.8, 4) is 0 Å². The molecular weight excluding hydrogens is 445 g/mol. The number of nitrogens with one attached hydrogen (secondary N) is 1. The highest BCUT2D eigenvalue weighted by Gasteiger charge is 2.13. The SMILES string of the molecule is O=C(O)c1ccc(NC(=O)c2cc(Br)ccc2I)s1. The van der Waals surface area contributed by atoms with Crippen molar-refractivity contribution >= 4 is 66.7 Å². The Bertz CT molecular complexity index is 656. The average Bonchev–Trinajstić information content (AvgIpc) is 2.80. The van der Waals surface area contributed by atoms with Crippen molar-refractivity contribution < 1.29 is 14.7 Å². The monoisotopic (exact) mass is 451 g/mol. The van der Waals surface area contributed by atoms with Crippen molar-refractivity contribution in [1.29, 1.82) is 0 Å². The van der Waals surface area contributed by atoms with Crippen LogP contribution < -0.4 is 5.32 Å². The van der Waals surface area contributed by atoms with E-state index in [1.165, 1.54) is 6.07 Å². The minimum Gasteiger partial charge on any atom is -0.477 e. The molecule has 0 bridgehead atoms. The van der Waals surface area contributed by atoms with E-state index in [2.05, 4.69) is 43.8 Å². The van der Waals surface area contributed by atoms with Crippen molar-refractivity contribution in [1.82, 2.24) is 0 Å². The van der Waals surface area contributed by atoms with E-state index < -0.39 is 5.97 Å². The van der Waals surface area contributed by atoms with Crippen LogP contribution in [0.3, 0.4) is 0 Å². The summed E-state index contributed by atoms with van der Waals surface area (Å²) in [4.78, 5) is 23.0. The van der Waals surface area contributed by atoms with Crippen molar-refractivity contribution in [2.45, 2.75) is 0 Å². The number of carbonyl (C=O) groups is 2. The van der Waals surface area contributed by atoms with Crippen molar-refractivity contribution in [2.75, 3.05) is 5.32 Å². The highest BCUT2D eigenvalue weighted by atomic mass is 127. The second-order valence-electron chi connectivity index (χ2n) is 3.55. The molecule has 1 aromatic carbocycles. The van der Waals surface area contributed by atoms with Gasteiger partial charge in [0.2, 0.25) is 0 Å². The minimum absolute atomic E-state index is 0.194. The third-order valence-corrected chi connectivity index (χ3v) is 4.65. The number of rotatable bonds is 3. The van der Waals surface area contributed by atoms with Crippen LogP contribution in [-0.2, 0) is 0 Å². The van der Waals surface area contributed by atoms with Gasteiger partial charge in [-0.05, 0) is 52.9 Å². The highest BCUT2D eigenvalue weighted by molar-refractivity contribution is 14.1. The fourth-order valence-corrected chi connectivity index (χ4v) is 3.05. The highest BCUT2D eigenvalue weighted by Crippen LogP contribution is 2.24. The molecule has 0 aliphatic carbocycles. The Labute approximate surface area is 135 Å². The molecule has 19 heavy (non-hydrogen) atoms. The number of carbonyl (C=O) groups excluding carboxylic acids is 1. The molecule has 0 spiro atoms. The average molecular weight is 452 g/mol. The van der Waals surface area contributed by atoms with E-state index in [-0.39, 0.29) is 10.8 Å². The summed E-state index contributed by atoms with van der Waals surface area (Å²) >= 11 is 6.42. The van der Waals surface area contributed by atoms with E-state index in [9.17, 15) is 9.59 Å². The van der Waals surface area contributed by atoms with Crippen LogP contribution in [0.25, 0.3) is 0 Å². The van der Waals surface area contributed by atoms with E-state index in [0.717, 1.165) is 19.4 Å². The normalized spacial score (nSPS) is 10.2. The molecular formula is C12H7BrINO3S. The van der Waals surface area contributed by atoms with Gasteiger partial charge < -0.3 is 10.4 Å². The quantitative estimate of drug-likeness (QED) is 0.691. The van der Waals surface area contributed by atoms with Gasteiger partial charge in [-0.25, -0.2) is 4.79 Å². The molecule has 0 atom stereocenters. The van der Waals surface area contributed by atoms with Gasteiger partial charge >= 0.3 is 5.97 Å². The van der Waals surface area contributed by atoms with Crippen LogP contribution in [0.4, 0.5) is 5.00 Å². The van der Waals surface area contributed by atoms with Gasteiger partial charge in [-0.15, -0.1) is 11.3 Å². The Morgan fingerprint density at radius 3 is 2.63 bits per heavy atom. The Morgan fingerprint density at radius 2 is 2.00 bits per heavy atom. The van der Waals surface area contributed by atoms with Gasteiger partial charge in [-0.3, -0.25) is 4.79 Å². The zero-order chi connectivity index (χ0) is 14.0. The predicted octanol–water partition coefficient (Wildman–Crippen LogP) is 4.07. The summed E-state index contributed by atoms with van der Waals surface area (Å²) in [5.74, 6) is -1.26. The van der Waals surface area contributed by atoms with Crippen LogP contribution in [0, 0.1) is 3.57 Å². The van der Waals surface area contributed by atoms with E-state index in [1.807, 2.05) is 12.1 Å². The van der Waals surface area contributed by atoms with Gasteiger partial charge in [0.25, 0.3) is 5.91 Å². The summed E-state index contributed by atoms with van der Waals surface area (Å²) in [5.41, 5.74) is 0.542. The molecule has 4 nitrogen and oxygen atoms in total. The minimum atomic E-state index is -0.998. The van der Waals surface area contributed by atoms with Crippen LogP contribution in [0.5, 0.6) is 0 Å². The number of halogens is 2. The lowest BCUT2D eigenvalue weighted by atomic mass is 10.2. The summed E-state index contributed by atoms with van der Waals surface area (Å²) in [6.45, 7) is 0. The number of carboxylic acids is 1. The second kappa shape index (κ2) is 6.02. The molecule has 2 aromatic rings. The van der Waals surface area contributed by atoms with Crippen molar-refractivity contribution in [3.05, 3.63) is 48.8 Å². The summed E-state index contributed by atoms with van der Waals surface area (Å²) in [5, 5.41) is 12.0. The number of amides is 1. The largest absolute Gasteiger partial charge is 0.477 e. The van der Waals surface area contributed by atoms with Gasteiger partial charge in [-0.2, -0.15) is 0 Å². The lowest BCUT2D eigenvalue weighted by Gasteiger charge is -2.05. The molecule has 0 fully saturated rings. The van der Waals surface area contributed by atoms with Gasteiger partial charge in [0.1, 0.15) is 4.88 Å². The summed E-state index contributed by atoms with van der Waals surface area (Å²) in [7, 11) is 0. The molecule has 2 rings (SSSR count). The number of aromatic carboxylic acids is 1. The Morgan fingerprint density at radius 1 is 1.26 bits per heavy atom. The van der Waals surface area contributed by atoms with Crippen LogP contribution in [0.2, 0.25) is 0 Å². The molecule has 98 valence electrons. The van der Waals surface area contributed by atoms with Crippen LogP contribution in [0.1, 0.15) is 20.0 Å². The summed E-state index contributed by atoms with van der Waals surface area (Å²) in [6, 6.07) is 8.46. The first-order valence-electron chi connectivity index (χ1n) is 5.07. The van der Waals surface area contributed by atoms with Gasteiger partial charge in [0.05, 0.1) is 10.6 Å². The predicted molar refractivity (Wildman–Crippen MR) is 86.1 cm³/mol. The standard InChI is InChI=1S/C12H7BrINO3S/c13-6-1-2-8(14)7(5-6)11(16)15-10-4-3-9(19-10)12(17)18/h1-5H,(H,15,16)(H,17,18). The summed E-state index contributed by atoms with van der Waals surface area (Å²) in [6.07, 6.45) is 0. The molecule has 0 unspecified atom stereocenters. The maximum Gasteiger partial charge on any atom is 0.345 e. The first kappa shape index (κ1) is 14.5. The third kappa shape index (κ3) is 3.54. The third-order valence-electron chi connectivity index (χ3n) is 2.23. The lowest BCUT2D eigenvalue weighted by Crippen LogP contribution is -2.12. The topological polar surface area (TPSA) is 66.4 Å². The maximum atomic E-state index is 12.1. The fourth-order valence-electron chi connectivity index (χ4n) is 1.37. The zero-order valence-electron chi connectivity index (χ0n) is 9.31. The number of anilines is 1. The van der Waals surface area contributed by atoms with Crippen LogP contribution in [0.15, 0.2) is 34.8 Å². The van der Waals surface area contributed by atoms with Crippen molar-refractivity contribution in [3.63, 3.8) is 0 Å². The molecule has 0 aliphatic rings. The van der Waals surface area contributed by atoms with Crippen LogP contribution >= 0.6 is 49.9 Å². The Kier molecular flexibility index (Phi) is 4.58. The van der Waals surface area contributed by atoms with E-state index in [4.69, 9.17) is 5.11 Å². The molecule has 0 radical (unpaired) electrons. The zero-order valence-corrected chi connectivity index (χ0v) is 13.9. The Balaban J connectivity index is 2.20. The first-order valence-corrected chi connectivity index (χ1v) is 7.76. The molecule has 7 heteroatoms. The van der Waals surface area contributed by atoms with E-state index >= 15 is 0 Å². The lowest BCUT2D eigenvalue weighted by molar-refractivity contribution is 0.0702. The van der Waals surface area contributed by atoms with E-state index in [1.54, 1.807) is 12.1 Å². The molecule has 0 aliphatic heterocycles. The summed E-state index contributed by atoms with van der Waals surface area (Å²) < 4.78 is 1.64. The molecule has 0 saturated carbocycles. The molecule has 1 heterocycles. The number of benzene rings is 1. The molecule has 2 N–H and O–H groups in total. The number of carboxylic acid groups (broad SMARTS) is 1. The van der Waals surface area contributed by atoms with Crippen molar-refractivity contribution in [2.24, 2.45) is 0 Å². The van der Waals surface area contributed by atoms with Crippen LogP contribution in [-0.4, -0.2) is 17.0 Å².